The third kappa shape index (κ3) is 4.34. The van der Waals surface area contributed by atoms with Gasteiger partial charge < -0.3 is 5.32 Å². The van der Waals surface area contributed by atoms with Gasteiger partial charge in [0.15, 0.2) is 0 Å². The molecule has 0 radical (unpaired) electrons. The Kier molecular flexibility index (Phi) is 6.33. The Morgan fingerprint density at radius 3 is 2.90 bits per heavy atom. The third-order valence-electron chi connectivity index (χ3n) is 3.35. The molecule has 5 heteroatoms. The Bertz CT molecular complexity index is 583. The first-order valence-electron chi connectivity index (χ1n) is 7.23. The van der Waals surface area contributed by atoms with E-state index in [9.17, 15) is 0 Å². The second-order valence-corrected chi connectivity index (χ2v) is 7.02. The van der Waals surface area contributed by atoms with E-state index in [0.717, 1.165) is 23.2 Å². The predicted octanol–water partition coefficient (Wildman–Crippen LogP) is 4.42. The fourth-order valence-corrected chi connectivity index (χ4v) is 3.99. The summed E-state index contributed by atoms with van der Waals surface area (Å²) in [6.07, 6.45) is 2.98. The molecule has 0 aliphatic rings. The van der Waals surface area contributed by atoms with E-state index in [1.807, 2.05) is 25.0 Å². The van der Waals surface area contributed by atoms with Crippen LogP contribution in [0.25, 0.3) is 0 Å². The van der Waals surface area contributed by atoms with Gasteiger partial charge in [-0.3, -0.25) is 4.68 Å². The van der Waals surface area contributed by atoms with Crippen molar-refractivity contribution in [1.29, 1.82) is 0 Å². The van der Waals surface area contributed by atoms with Crippen LogP contribution in [0.2, 0.25) is 0 Å². The zero-order valence-corrected chi connectivity index (χ0v) is 15.2. The zero-order valence-electron chi connectivity index (χ0n) is 12.8. The van der Waals surface area contributed by atoms with Gasteiger partial charge in [0.1, 0.15) is 0 Å². The van der Waals surface area contributed by atoms with Crippen LogP contribution in [-0.2, 0) is 6.54 Å². The smallest absolute Gasteiger partial charge is 0.0704 e. The summed E-state index contributed by atoms with van der Waals surface area (Å²) in [6.45, 7) is 5.26. The molecule has 0 amide bonds. The molecule has 3 nitrogen and oxygen atoms in total. The molecule has 1 unspecified atom stereocenters. The normalized spacial score (nSPS) is 12.6. The first-order valence-corrected chi connectivity index (χ1v) is 9.01. The minimum absolute atomic E-state index is 0.277. The van der Waals surface area contributed by atoms with E-state index in [-0.39, 0.29) is 6.04 Å². The highest BCUT2D eigenvalue weighted by Crippen LogP contribution is 2.29. The minimum atomic E-state index is 0.277. The van der Waals surface area contributed by atoms with Crippen LogP contribution in [0.5, 0.6) is 0 Å². The molecule has 0 aliphatic heterocycles. The number of hydrogen-bond donors (Lipinski definition) is 1. The predicted molar refractivity (Wildman–Crippen MR) is 93.9 cm³/mol. The highest BCUT2D eigenvalue weighted by Gasteiger charge is 2.18. The maximum atomic E-state index is 4.46. The van der Waals surface area contributed by atoms with Crippen LogP contribution in [0.1, 0.15) is 30.6 Å². The van der Waals surface area contributed by atoms with Gasteiger partial charge >= 0.3 is 0 Å². The van der Waals surface area contributed by atoms with E-state index in [1.54, 1.807) is 0 Å². The van der Waals surface area contributed by atoms with Gasteiger partial charge in [-0.05, 0) is 48.5 Å². The van der Waals surface area contributed by atoms with Crippen LogP contribution >= 0.6 is 27.7 Å². The molecular formula is C16H22BrN3S. The summed E-state index contributed by atoms with van der Waals surface area (Å²) >= 11 is 5.51. The second-order valence-electron chi connectivity index (χ2n) is 5.07. The van der Waals surface area contributed by atoms with Crippen molar-refractivity contribution >= 4 is 27.7 Å². The second kappa shape index (κ2) is 8.01. The lowest BCUT2D eigenvalue weighted by atomic mass is 10.2. The molecule has 1 heterocycles. The lowest BCUT2D eigenvalue weighted by molar-refractivity contribution is 0.523. The average molecular weight is 368 g/mol. The summed E-state index contributed by atoms with van der Waals surface area (Å²) in [5.41, 5.74) is 2.54. The fraction of sp³-hybridized carbons (Fsp3) is 0.438. The Hall–Kier alpha value is -0.780. The van der Waals surface area contributed by atoms with Crippen LogP contribution in [0.3, 0.4) is 0 Å². The van der Waals surface area contributed by atoms with Crippen molar-refractivity contribution in [2.45, 2.75) is 37.8 Å². The van der Waals surface area contributed by atoms with Gasteiger partial charge in [0.05, 0.1) is 22.4 Å². The molecule has 114 valence electrons. The van der Waals surface area contributed by atoms with Gasteiger partial charge in [0, 0.05) is 17.2 Å². The summed E-state index contributed by atoms with van der Waals surface area (Å²) in [7, 11) is 2.01. The topological polar surface area (TPSA) is 29.9 Å². The highest BCUT2D eigenvalue weighted by molar-refractivity contribution is 9.10. The maximum Gasteiger partial charge on any atom is 0.0704 e. The molecule has 2 aromatic rings. The number of thioether (sulfide) groups is 1. The summed E-state index contributed by atoms with van der Waals surface area (Å²) in [5, 5.41) is 7.88. The fourth-order valence-electron chi connectivity index (χ4n) is 2.29. The SMILES string of the molecule is CCCn1ncc(Br)c1C(CSc1cccc(C)c1)NC. The molecule has 21 heavy (non-hydrogen) atoms. The minimum Gasteiger partial charge on any atom is -0.311 e. The summed E-state index contributed by atoms with van der Waals surface area (Å²) < 4.78 is 3.18. The Morgan fingerprint density at radius 1 is 1.43 bits per heavy atom. The van der Waals surface area contributed by atoms with Crippen LogP contribution in [0.4, 0.5) is 0 Å². The first-order chi connectivity index (χ1) is 10.2. The summed E-state index contributed by atoms with van der Waals surface area (Å²) in [6, 6.07) is 8.92. The van der Waals surface area contributed by atoms with Crippen LogP contribution in [0.15, 0.2) is 39.8 Å². The molecule has 1 atom stereocenters. The molecular weight excluding hydrogens is 346 g/mol. The van der Waals surface area contributed by atoms with Crippen LogP contribution < -0.4 is 5.32 Å². The number of benzene rings is 1. The molecule has 0 saturated carbocycles. The molecule has 1 aromatic carbocycles. The van der Waals surface area contributed by atoms with Crippen molar-refractivity contribution in [3.63, 3.8) is 0 Å². The van der Waals surface area contributed by atoms with Crippen LogP contribution in [-0.4, -0.2) is 22.6 Å². The molecule has 0 bridgehead atoms. The molecule has 1 N–H and O–H groups in total. The van der Waals surface area contributed by atoms with E-state index in [2.05, 4.69) is 69.1 Å². The highest BCUT2D eigenvalue weighted by atomic mass is 79.9. The van der Waals surface area contributed by atoms with Crippen molar-refractivity contribution < 1.29 is 0 Å². The van der Waals surface area contributed by atoms with Crippen molar-refractivity contribution in [3.8, 4) is 0 Å². The summed E-state index contributed by atoms with van der Waals surface area (Å²) in [5.74, 6) is 0.980. The molecule has 0 fully saturated rings. The van der Waals surface area contributed by atoms with Gasteiger partial charge in [0.2, 0.25) is 0 Å². The van der Waals surface area contributed by atoms with Gasteiger partial charge in [-0.15, -0.1) is 11.8 Å². The maximum absolute atomic E-state index is 4.46. The number of rotatable bonds is 7. The summed E-state index contributed by atoms with van der Waals surface area (Å²) in [4.78, 5) is 1.31. The number of nitrogens with one attached hydrogen (secondary N) is 1. The number of aromatic nitrogens is 2. The number of aryl methyl sites for hydroxylation is 2. The van der Waals surface area contributed by atoms with E-state index in [1.165, 1.54) is 16.2 Å². The molecule has 2 rings (SSSR count). The van der Waals surface area contributed by atoms with E-state index in [4.69, 9.17) is 0 Å². The molecule has 1 aromatic heterocycles. The Labute approximate surface area is 139 Å². The number of hydrogen-bond acceptors (Lipinski definition) is 3. The molecule has 0 aliphatic carbocycles. The Balaban J connectivity index is 2.11. The standard InChI is InChI=1S/C16H22BrN3S/c1-4-8-20-16(14(17)10-19-20)15(18-3)11-21-13-7-5-6-12(2)9-13/h5-7,9-10,15,18H,4,8,11H2,1-3H3. The largest absolute Gasteiger partial charge is 0.311 e. The van der Waals surface area contributed by atoms with Crippen molar-refractivity contribution in [3.05, 3.63) is 46.2 Å². The van der Waals surface area contributed by atoms with Crippen LogP contribution in [0, 0.1) is 6.92 Å². The van der Waals surface area contributed by atoms with E-state index >= 15 is 0 Å². The van der Waals surface area contributed by atoms with Gasteiger partial charge in [0.25, 0.3) is 0 Å². The quantitative estimate of drug-likeness (QED) is 0.734. The van der Waals surface area contributed by atoms with E-state index in [0.29, 0.717) is 0 Å². The number of nitrogens with zero attached hydrogens (tertiary/aromatic N) is 2. The first kappa shape index (κ1) is 16.6. The van der Waals surface area contributed by atoms with Crippen molar-refractivity contribution in [2.24, 2.45) is 0 Å². The third-order valence-corrected chi connectivity index (χ3v) is 5.05. The van der Waals surface area contributed by atoms with Gasteiger partial charge in [-0.1, -0.05) is 24.6 Å². The van der Waals surface area contributed by atoms with Gasteiger partial charge in [-0.25, -0.2) is 0 Å². The molecule has 0 spiro atoms. The molecule has 0 saturated heterocycles. The average Bonchev–Trinajstić information content (AvgIpc) is 2.82. The lowest BCUT2D eigenvalue weighted by Gasteiger charge is -2.18. The van der Waals surface area contributed by atoms with Gasteiger partial charge in [-0.2, -0.15) is 5.10 Å². The Morgan fingerprint density at radius 2 is 2.24 bits per heavy atom. The lowest BCUT2D eigenvalue weighted by Crippen LogP contribution is -2.23. The monoisotopic (exact) mass is 367 g/mol. The zero-order chi connectivity index (χ0) is 15.2. The van der Waals surface area contributed by atoms with Crippen molar-refractivity contribution in [1.82, 2.24) is 15.1 Å². The van der Waals surface area contributed by atoms with E-state index < -0.39 is 0 Å². The van der Waals surface area contributed by atoms with Crippen molar-refractivity contribution in [2.75, 3.05) is 12.8 Å². The number of halogens is 1.